The Bertz CT molecular complexity index is 225. The maximum Gasteiger partial charge on any atom is 0.335 e. The van der Waals surface area contributed by atoms with Gasteiger partial charge >= 0.3 is 5.97 Å². The molecule has 0 aromatic heterocycles. The van der Waals surface area contributed by atoms with Crippen molar-refractivity contribution in [3.63, 3.8) is 0 Å². The van der Waals surface area contributed by atoms with Gasteiger partial charge in [-0.25, -0.2) is 4.79 Å². The average molecular weight is 200 g/mol. The minimum atomic E-state index is -1.49. The van der Waals surface area contributed by atoms with Gasteiger partial charge in [0.05, 0.1) is 0 Å². The fourth-order valence-corrected chi connectivity index (χ4v) is 2.62. The topological polar surface area (TPSA) is 57.5 Å². The molecule has 2 unspecified atom stereocenters. The van der Waals surface area contributed by atoms with E-state index in [2.05, 4.69) is 0 Å². The predicted octanol–water partition coefficient (Wildman–Crippen LogP) is 1.89. The third-order valence-electron chi connectivity index (χ3n) is 3.42. The molecule has 3 nitrogen and oxygen atoms in total. The summed E-state index contributed by atoms with van der Waals surface area (Å²) in [5.74, 6) is -0.617. The smallest absolute Gasteiger partial charge is 0.335 e. The Balaban J connectivity index is 2.88. The Kier molecular flexibility index (Phi) is 3.20. The Morgan fingerprint density at radius 3 is 2.43 bits per heavy atom. The van der Waals surface area contributed by atoms with Gasteiger partial charge in [-0.2, -0.15) is 0 Å². The maximum atomic E-state index is 11.1. The first-order valence-electron chi connectivity index (χ1n) is 5.33. The van der Waals surface area contributed by atoms with Gasteiger partial charge in [-0.3, -0.25) is 0 Å². The summed E-state index contributed by atoms with van der Waals surface area (Å²) >= 11 is 0. The second kappa shape index (κ2) is 3.89. The van der Waals surface area contributed by atoms with Gasteiger partial charge in [0.25, 0.3) is 0 Å². The van der Waals surface area contributed by atoms with Gasteiger partial charge in [0.1, 0.15) is 0 Å². The molecule has 3 heteroatoms. The van der Waals surface area contributed by atoms with Crippen molar-refractivity contribution in [2.24, 2.45) is 17.8 Å². The van der Waals surface area contributed by atoms with Crippen LogP contribution in [0, 0.1) is 17.8 Å². The molecule has 14 heavy (non-hydrogen) atoms. The fraction of sp³-hybridized carbons (Fsp3) is 0.909. The van der Waals surface area contributed by atoms with Crippen molar-refractivity contribution in [2.75, 3.05) is 0 Å². The van der Waals surface area contributed by atoms with E-state index < -0.39 is 11.6 Å². The lowest BCUT2D eigenvalue weighted by molar-refractivity contribution is -0.174. The van der Waals surface area contributed by atoms with Crippen LogP contribution in [0.4, 0.5) is 0 Å². The summed E-state index contributed by atoms with van der Waals surface area (Å²) in [4.78, 5) is 11.1. The number of carboxylic acids is 1. The Labute approximate surface area is 85.1 Å². The minimum absolute atomic E-state index is 0.101. The van der Waals surface area contributed by atoms with E-state index in [9.17, 15) is 9.90 Å². The number of carboxylic acid groups (broad SMARTS) is 1. The summed E-state index contributed by atoms with van der Waals surface area (Å²) in [6.07, 6.45) is 2.24. The van der Waals surface area contributed by atoms with Crippen LogP contribution in [0.2, 0.25) is 0 Å². The Hall–Kier alpha value is -0.570. The van der Waals surface area contributed by atoms with E-state index in [4.69, 9.17) is 5.11 Å². The fourth-order valence-electron chi connectivity index (χ4n) is 2.62. The van der Waals surface area contributed by atoms with Gasteiger partial charge in [0.2, 0.25) is 0 Å². The minimum Gasteiger partial charge on any atom is -0.479 e. The van der Waals surface area contributed by atoms with Crippen molar-refractivity contribution < 1.29 is 15.0 Å². The molecule has 82 valence electrons. The third kappa shape index (κ3) is 1.92. The summed E-state index contributed by atoms with van der Waals surface area (Å²) < 4.78 is 0. The highest BCUT2D eigenvalue weighted by Gasteiger charge is 2.48. The first kappa shape index (κ1) is 11.5. The molecular weight excluding hydrogens is 180 g/mol. The van der Waals surface area contributed by atoms with E-state index in [0.717, 1.165) is 12.8 Å². The molecule has 1 rings (SSSR count). The summed E-state index contributed by atoms with van der Waals surface area (Å²) in [6.45, 7) is 5.97. The number of aliphatic carboxylic acids is 1. The molecule has 1 aliphatic rings. The van der Waals surface area contributed by atoms with Crippen LogP contribution in [-0.2, 0) is 4.79 Å². The molecule has 0 saturated heterocycles. The van der Waals surface area contributed by atoms with Crippen LogP contribution in [0.15, 0.2) is 0 Å². The van der Waals surface area contributed by atoms with Crippen LogP contribution in [0.3, 0.4) is 0 Å². The molecule has 0 bridgehead atoms. The van der Waals surface area contributed by atoms with E-state index >= 15 is 0 Å². The molecule has 1 aliphatic carbocycles. The molecule has 0 aliphatic heterocycles. The van der Waals surface area contributed by atoms with Crippen LogP contribution >= 0.6 is 0 Å². The largest absolute Gasteiger partial charge is 0.479 e. The molecule has 1 saturated carbocycles. The summed E-state index contributed by atoms with van der Waals surface area (Å²) in [6, 6.07) is 0. The molecule has 2 N–H and O–H groups in total. The van der Waals surface area contributed by atoms with E-state index in [1.54, 1.807) is 0 Å². The maximum absolute atomic E-state index is 11.1. The van der Waals surface area contributed by atoms with Crippen molar-refractivity contribution in [1.29, 1.82) is 0 Å². The molecule has 0 aromatic rings. The van der Waals surface area contributed by atoms with Gasteiger partial charge < -0.3 is 10.2 Å². The summed E-state index contributed by atoms with van der Waals surface area (Å²) in [5.41, 5.74) is -1.49. The second-order valence-corrected chi connectivity index (χ2v) is 4.97. The van der Waals surface area contributed by atoms with E-state index in [1.807, 2.05) is 20.8 Å². The number of carbonyl (C=O) groups is 1. The lowest BCUT2D eigenvalue weighted by Crippen LogP contribution is -2.51. The van der Waals surface area contributed by atoms with Crippen molar-refractivity contribution >= 4 is 5.97 Å². The van der Waals surface area contributed by atoms with E-state index in [1.165, 1.54) is 0 Å². The van der Waals surface area contributed by atoms with Crippen LogP contribution in [-0.4, -0.2) is 21.8 Å². The van der Waals surface area contributed by atoms with Gasteiger partial charge in [-0.05, 0) is 24.7 Å². The van der Waals surface area contributed by atoms with Gasteiger partial charge in [-0.1, -0.05) is 27.2 Å². The number of hydrogen-bond donors (Lipinski definition) is 2. The van der Waals surface area contributed by atoms with Gasteiger partial charge in [0, 0.05) is 5.92 Å². The molecular formula is C11H20O3. The highest BCUT2D eigenvalue weighted by molar-refractivity contribution is 5.77. The van der Waals surface area contributed by atoms with Crippen LogP contribution in [0.1, 0.15) is 40.0 Å². The lowest BCUT2D eigenvalue weighted by atomic mass is 9.67. The number of hydrogen-bond acceptors (Lipinski definition) is 2. The van der Waals surface area contributed by atoms with Crippen molar-refractivity contribution in [3.05, 3.63) is 0 Å². The van der Waals surface area contributed by atoms with Crippen LogP contribution < -0.4 is 0 Å². The number of rotatable bonds is 2. The molecule has 0 spiro atoms. The standard InChI is InChI=1S/C11H20O3/c1-7(2)9-5-4-8(3)6-11(9,14)10(12)13/h7-9,14H,4-6H2,1-3H3,(H,12,13)/t8?,9?,11-/m1/s1. The number of aliphatic hydroxyl groups is 1. The Morgan fingerprint density at radius 1 is 1.43 bits per heavy atom. The monoisotopic (exact) mass is 200 g/mol. The second-order valence-electron chi connectivity index (χ2n) is 4.97. The highest BCUT2D eigenvalue weighted by atomic mass is 16.4. The van der Waals surface area contributed by atoms with Crippen LogP contribution in [0.25, 0.3) is 0 Å². The zero-order chi connectivity index (χ0) is 10.9. The first-order valence-corrected chi connectivity index (χ1v) is 5.33. The molecule has 0 aromatic carbocycles. The molecule has 0 heterocycles. The third-order valence-corrected chi connectivity index (χ3v) is 3.42. The zero-order valence-electron chi connectivity index (χ0n) is 9.16. The first-order chi connectivity index (χ1) is 6.38. The molecule has 0 radical (unpaired) electrons. The summed E-state index contributed by atoms with van der Waals surface area (Å²) in [5, 5.41) is 19.2. The quantitative estimate of drug-likeness (QED) is 0.715. The van der Waals surface area contributed by atoms with Crippen molar-refractivity contribution in [3.8, 4) is 0 Å². The van der Waals surface area contributed by atoms with E-state index in [-0.39, 0.29) is 11.8 Å². The molecule has 0 amide bonds. The lowest BCUT2D eigenvalue weighted by Gasteiger charge is -2.41. The van der Waals surface area contributed by atoms with Crippen molar-refractivity contribution in [2.45, 2.75) is 45.6 Å². The Morgan fingerprint density at radius 2 is 2.00 bits per heavy atom. The SMILES string of the molecule is CC1CCC(C(C)C)[C@@](O)(C(=O)O)C1. The predicted molar refractivity (Wildman–Crippen MR) is 53.9 cm³/mol. The van der Waals surface area contributed by atoms with Gasteiger partial charge in [0.15, 0.2) is 5.60 Å². The average Bonchev–Trinajstić information content (AvgIpc) is 2.02. The summed E-state index contributed by atoms with van der Waals surface area (Å²) in [7, 11) is 0. The molecule has 1 fully saturated rings. The van der Waals surface area contributed by atoms with Gasteiger partial charge in [-0.15, -0.1) is 0 Å². The molecule has 3 atom stereocenters. The van der Waals surface area contributed by atoms with Crippen molar-refractivity contribution in [1.82, 2.24) is 0 Å². The van der Waals surface area contributed by atoms with E-state index in [0.29, 0.717) is 12.3 Å². The van der Waals surface area contributed by atoms with Crippen LogP contribution in [0.5, 0.6) is 0 Å². The highest BCUT2D eigenvalue weighted by Crippen LogP contribution is 2.41. The normalized spacial score (nSPS) is 38.6. The zero-order valence-corrected chi connectivity index (χ0v) is 9.16.